The summed E-state index contributed by atoms with van der Waals surface area (Å²) in [5.74, 6) is 0.186. The Morgan fingerprint density at radius 1 is 1.16 bits per heavy atom. The lowest BCUT2D eigenvalue weighted by Gasteiger charge is -2.32. The number of benzene rings is 2. The van der Waals surface area contributed by atoms with Crippen LogP contribution in [-0.4, -0.2) is 15.9 Å². The third kappa shape index (κ3) is 4.91. The number of aromatic amines is 1. The van der Waals surface area contributed by atoms with Gasteiger partial charge < -0.3 is 9.72 Å². The maximum absolute atomic E-state index is 12.5. The van der Waals surface area contributed by atoms with Crippen LogP contribution in [0.5, 0.6) is 5.75 Å². The molecule has 4 heteroatoms. The number of rotatable bonds is 5. The number of nitrogens with one attached hydrogen (secondary N) is 1. The van der Waals surface area contributed by atoms with Crippen molar-refractivity contribution < 1.29 is 9.53 Å². The summed E-state index contributed by atoms with van der Waals surface area (Å²) < 4.78 is 5.51. The van der Waals surface area contributed by atoms with E-state index in [0.717, 1.165) is 22.0 Å². The molecule has 4 nitrogen and oxygen atoms in total. The van der Waals surface area contributed by atoms with Gasteiger partial charge in [-0.1, -0.05) is 61.9 Å². The van der Waals surface area contributed by atoms with Gasteiger partial charge in [-0.15, -0.1) is 0 Å². The SMILES string of the molecule is CC1=C(C=C/C(C)=C/c2cnc(C(=O)Oc3ccc4ccccc4c3)[nH]2)C(C)(C)CCC1. The second-order valence-electron chi connectivity index (χ2n) is 9.24. The van der Waals surface area contributed by atoms with Crippen molar-refractivity contribution in [2.24, 2.45) is 5.41 Å². The molecule has 0 radical (unpaired) electrons. The van der Waals surface area contributed by atoms with Crippen molar-refractivity contribution >= 4 is 22.8 Å². The molecule has 3 aromatic rings. The minimum Gasteiger partial charge on any atom is -0.421 e. The van der Waals surface area contributed by atoms with Crippen LogP contribution >= 0.6 is 0 Å². The highest BCUT2D eigenvalue weighted by molar-refractivity contribution is 5.89. The number of esters is 1. The number of hydrogen-bond donors (Lipinski definition) is 1. The highest BCUT2D eigenvalue weighted by Gasteiger charge is 2.26. The first-order chi connectivity index (χ1) is 15.3. The van der Waals surface area contributed by atoms with Crippen molar-refractivity contribution in [3.63, 3.8) is 0 Å². The van der Waals surface area contributed by atoms with Crippen LogP contribution < -0.4 is 4.74 Å². The molecule has 0 saturated heterocycles. The van der Waals surface area contributed by atoms with Crippen LogP contribution in [0.15, 0.2) is 77.5 Å². The van der Waals surface area contributed by atoms with Gasteiger partial charge in [-0.05, 0) is 78.7 Å². The second-order valence-corrected chi connectivity index (χ2v) is 9.24. The van der Waals surface area contributed by atoms with E-state index in [4.69, 9.17) is 4.74 Å². The van der Waals surface area contributed by atoms with Gasteiger partial charge in [-0.25, -0.2) is 9.78 Å². The molecule has 4 rings (SSSR count). The quantitative estimate of drug-likeness (QED) is 0.265. The van der Waals surface area contributed by atoms with Crippen LogP contribution in [0.1, 0.15) is 63.3 Å². The van der Waals surface area contributed by atoms with Crippen molar-refractivity contribution in [1.29, 1.82) is 0 Å². The van der Waals surface area contributed by atoms with E-state index in [0.29, 0.717) is 5.75 Å². The predicted octanol–water partition coefficient (Wildman–Crippen LogP) is 7.27. The fourth-order valence-corrected chi connectivity index (χ4v) is 4.42. The fraction of sp³-hybridized carbons (Fsp3) is 0.286. The Labute approximate surface area is 189 Å². The Morgan fingerprint density at radius 3 is 2.72 bits per heavy atom. The molecule has 0 amide bonds. The predicted molar refractivity (Wildman–Crippen MR) is 131 cm³/mol. The summed E-state index contributed by atoms with van der Waals surface area (Å²) in [5, 5.41) is 2.12. The van der Waals surface area contributed by atoms with Crippen molar-refractivity contribution in [1.82, 2.24) is 9.97 Å². The Morgan fingerprint density at radius 2 is 1.94 bits per heavy atom. The minimum atomic E-state index is -0.502. The van der Waals surface area contributed by atoms with Crippen molar-refractivity contribution in [3.05, 3.63) is 89.1 Å². The number of fused-ring (bicyclic) bond motifs is 1. The molecular weight excluding hydrogens is 396 g/mol. The molecule has 0 spiro atoms. The van der Waals surface area contributed by atoms with Crippen LogP contribution in [0.3, 0.4) is 0 Å². The van der Waals surface area contributed by atoms with Gasteiger partial charge in [0.2, 0.25) is 5.82 Å². The Balaban J connectivity index is 1.45. The van der Waals surface area contributed by atoms with Gasteiger partial charge in [0.1, 0.15) is 5.75 Å². The van der Waals surface area contributed by atoms with Gasteiger partial charge in [0.05, 0.1) is 11.9 Å². The van der Waals surface area contributed by atoms with Gasteiger partial charge in [-0.2, -0.15) is 0 Å². The van der Waals surface area contributed by atoms with Crippen LogP contribution in [0.25, 0.3) is 16.8 Å². The van der Waals surface area contributed by atoms with Crippen molar-refractivity contribution in [2.75, 3.05) is 0 Å². The number of hydrogen-bond acceptors (Lipinski definition) is 3. The molecule has 0 atom stereocenters. The standard InChI is InChI=1S/C28H30N2O2/c1-19(11-14-25-20(2)8-7-15-28(25,3)4)16-23-18-29-26(30-23)27(31)32-24-13-12-21-9-5-6-10-22(21)17-24/h5-6,9-14,16-18H,7-8,15H2,1-4H3,(H,29,30)/b14-11?,19-16+. The van der Waals surface area contributed by atoms with Gasteiger partial charge >= 0.3 is 5.97 Å². The summed E-state index contributed by atoms with van der Waals surface area (Å²) in [6.07, 6.45) is 11.7. The number of carbonyl (C=O) groups is 1. The van der Waals surface area contributed by atoms with E-state index in [1.807, 2.05) is 42.5 Å². The van der Waals surface area contributed by atoms with E-state index in [9.17, 15) is 4.79 Å². The van der Waals surface area contributed by atoms with E-state index in [-0.39, 0.29) is 11.2 Å². The highest BCUT2D eigenvalue weighted by Crippen LogP contribution is 2.40. The van der Waals surface area contributed by atoms with Gasteiger partial charge in [0.15, 0.2) is 0 Å². The first-order valence-corrected chi connectivity index (χ1v) is 11.1. The first-order valence-electron chi connectivity index (χ1n) is 11.1. The van der Waals surface area contributed by atoms with E-state index in [1.54, 1.807) is 12.3 Å². The van der Waals surface area contributed by atoms with Gasteiger partial charge in [0.25, 0.3) is 0 Å². The number of H-pyrrole nitrogens is 1. The smallest absolute Gasteiger partial charge is 0.379 e. The lowest BCUT2D eigenvalue weighted by Crippen LogP contribution is -2.19. The molecule has 0 bridgehead atoms. The molecule has 0 fully saturated rings. The van der Waals surface area contributed by atoms with E-state index >= 15 is 0 Å². The summed E-state index contributed by atoms with van der Waals surface area (Å²) >= 11 is 0. The van der Waals surface area contributed by atoms with Crippen molar-refractivity contribution in [2.45, 2.75) is 47.0 Å². The molecule has 1 aromatic heterocycles. The Bertz CT molecular complexity index is 1240. The van der Waals surface area contributed by atoms with Crippen LogP contribution in [0.4, 0.5) is 0 Å². The number of nitrogens with zero attached hydrogens (tertiary/aromatic N) is 1. The Kier molecular flexibility index (Phi) is 6.13. The molecular formula is C28H30N2O2. The molecule has 2 aromatic carbocycles. The zero-order valence-corrected chi connectivity index (χ0v) is 19.2. The topological polar surface area (TPSA) is 55.0 Å². The van der Waals surface area contributed by atoms with E-state index in [1.165, 1.54) is 30.4 Å². The number of ether oxygens (including phenoxy) is 1. The maximum Gasteiger partial charge on any atom is 0.379 e. The fourth-order valence-electron chi connectivity index (χ4n) is 4.42. The summed E-state index contributed by atoms with van der Waals surface area (Å²) in [6.45, 7) is 8.92. The summed E-state index contributed by atoms with van der Waals surface area (Å²) in [4.78, 5) is 19.8. The summed E-state index contributed by atoms with van der Waals surface area (Å²) in [6, 6.07) is 13.5. The van der Waals surface area contributed by atoms with E-state index < -0.39 is 5.97 Å². The van der Waals surface area contributed by atoms with Crippen molar-refractivity contribution in [3.8, 4) is 5.75 Å². The number of aromatic nitrogens is 2. The Hall–Kier alpha value is -3.40. The third-order valence-electron chi connectivity index (χ3n) is 6.16. The highest BCUT2D eigenvalue weighted by atomic mass is 16.5. The normalized spacial score (nSPS) is 16.7. The molecule has 164 valence electrons. The number of imidazole rings is 1. The maximum atomic E-state index is 12.5. The first kappa shape index (κ1) is 21.8. The number of allylic oxidation sites excluding steroid dienone is 5. The zero-order chi connectivity index (χ0) is 22.7. The molecule has 0 saturated carbocycles. The molecule has 1 aliphatic rings. The monoisotopic (exact) mass is 426 g/mol. The van der Waals surface area contributed by atoms with Crippen LogP contribution in [0, 0.1) is 5.41 Å². The largest absolute Gasteiger partial charge is 0.421 e. The molecule has 1 aliphatic carbocycles. The van der Waals surface area contributed by atoms with Gasteiger partial charge in [0, 0.05) is 0 Å². The third-order valence-corrected chi connectivity index (χ3v) is 6.16. The average molecular weight is 427 g/mol. The minimum absolute atomic E-state index is 0.188. The summed E-state index contributed by atoms with van der Waals surface area (Å²) in [5.41, 5.74) is 4.98. The zero-order valence-electron chi connectivity index (χ0n) is 19.2. The summed E-state index contributed by atoms with van der Waals surface area (Å²) in [7, 11) is 0. The average Bonchev–Trinajstić information content (AvgIpc) is 3.21. The van der Waals surface area contributed by atoms with E-state index in [2.05, 4.69) is 49.8 Å². The molecule has 1 N–H and O–H groups in total. The molecule has 1 heterocycles. The van der Waals surface area contributed by atoms with Gasteiger partial charge in [-0.3, -0.25) is 0 Å². The molecule has 0 unspecified atom stereocenters. The second kappa shape index (κ2) is 8.99. The molecule has 32 heavy (non-hydrogen) atoms. The lowest BCUT2D eigenvalue weighted by atomic mass is 9.72. The van der Waals surface area contributed by atoms with Crippen LogP contribution in [-0.2, 0) is 0 Å². The van der Waals surface area contributed by atoms with Crippen LogP contribution in [0.2, 0.25) is 0 Å². The molecule has 0 aliphatic heterocycles. The number of carbonyl (C=O) groups excluding carboxylic acids is 1. The lowest BCUT2D eigenvalue weighted by molar-refractivity contribution is 0.0723.